The van der Waals surface area contributed by atoms with Gasteiger partial charge in [0.2, 0.25) is 0 Å². The Kier molecular flexibility index (Phi) is 6.30. The fourth-order valence-electron chi connectivity index (χ4n) is 3.72. The zero-order valence-corrected chi connectivity index (χ0v) is 19.2. The van der Waals surface area contributed by atoms with Gasteiger partial charge in [-0.15, -0.1) is 11.3 Å². The number of hydrogen-bond donors (Lipinski definition) is 2. The molecule has 2 heterocycles. The monoisotopic (exact) mass is 464 g/mol. The number of hydrogen-bond acceptors (Lipinski definition) is 6. The van der Waals surface area contributed by atoms with Gasteiger partial charge in [-0.3, -0.25) is 9.36 Å². The van der Waals surface area contributed by atoms with E-state index in [0.29, 0.717) is 21.4 Å². The molecule has 0 aliphatic rings. The average Bonchev–Trinajstić information content (AvgIpc) is 3.07. The molecule has 0 unspecified atom stereocenters. The number of fused-ring (bicyclic) bond motifs is 1. The number of aliphatic hydroxyl groups excluding tert-OH is 1. The van der Waals surface area contributed by atoms with Gasteiger partial charge in [-0.25, -0.2) is 18.5 Å². The molecule has 2 aromatic heterocycles. The highest BCUT2D eigenvalue weighted by atomic mass is 32.1. The lowest BCUT2D eigenvalue weighted by Crippen LogP contribution is -2.52. The van der Waals surface area contributed by atoms with E-state index in [1.54, 1.807) is 6.92 Å². The number of carbonyl (C=O) groups is 1. The predicted molar refractivity (Wildman–Crippen MR) is 119 cm³/mol. The lowest BCUT2D eigenvalue weighted by Gasteiger charge is -2.24. The van der Waals surface area contributed by atoms with Crippen molar-refractivity contribution >= 4 is 27.5 Å². The molecule has 0 saturated heterocycles. The van der Waals surface area contributed by atoms with E-state index >= 15 is 0 Å². The van der Waals surface area contributed by atoms with E-state index in [9.17, 15) is 29.0 Å². The van der Waals surface area contributed by atoms with Crippen molar-refractivity contribution in [1.29, 1.82) is 0 Å². The van der Waals surface area contributed by atoms with Crippen molar-refractivity contribution in [3.05, 3.63) is 60.9 Å². The summed E-state index contributed by atoms with van der Waals surface area (Å²) >= 11 is 1.24. The third-order valence-corrected chi connectivity index (χ3v) is 7.08. The summed E-state index contributed by atoms with van der Waals surface area (Å²) in [6, 6.07) is 3.66. The van der Waals surface area contributed by atoms with E-state index in [4.69, 9.17) is 4.74 Å². The van der Waals surface area contributed by atoms with Crippen molar-refractivity contribution in [2.24, 2.45) is 0 Å². The predicted octanol–water partition coefficient (Wildman–Crippen LogP) is 2.80. The van der Waals surface area contributed by atoms with Crippen LogP contribution in [0.1, 0.15) is 42.9 Å². The summed E-state index contributed by atoms with van der Waals surface area (Å²) in [5, 5.41) is 20.8. The van der Waals surface area contributed by atoms with Gasteiger partial charge in [-0.1, -0.05) is 6.92 Å². The summed E-state index contributed by atoms with van der Waals surface area (Å²) < 4.78 is 20.9. The minimum atomic E-state index is -1.83. The van der Waals surface area contributed by atoms with Crippen LogP contribution in [0.2, 0.25) is 0 Å². The van der Waals surface area contributed by atoms with Gasteiger partial charge in [-0.05, 0) is 51.0 Å². The van der Waals surface area contributed by atoms with Gasteiger partial charge >= 0.3 is 11.7 Å². The first-order chi connectivity index (χ1) is 14.9. The van der Waals surface area contributed by atoms with Crippen molar-refractivity contribution in [3.8, 4) is 5.75 Å². The Bertz CT molecular complexity index is 1320. The number of nitrogens with zero attached hydrogens (tertiary/aromatic N) is 2. The van der Waals surface area contributed by atoms with Gasteiger partial charge in [0.15, 0.2) is 0 Å². The topological polar surface area (TPSA) is 111 Å². The lowest BCUT2D eigenvalue weighted by atomic mass is 10.1. The van der Waals surface area contributed by atoms with E-state index < -0.39 is 34.7 Å². The molecule has 2 N–H and O–H groups in total. The van der Waals surface area contributed by atoms with Crippen LogP contribution in [0.5, 0.6) is 5.75 Å². The number of benzene rings is 1. The van der Waals surface area contributed by atoms with Crippen molar-refractivity contribution in [3.63, 3.8) is 0 Å². The molecule has 0 spiro atoms. The van der Waals surface area contributed by atoms with Gasteiger partial charge in [0, 0.05) is 10.4 Å². The molecular formula is C22H25FN2O6S. The third-order valence-electron chi connectivity index (χ3n) is 5.62. The summed E-state index contributed by atoms with van der Waals surface area (Å²) in [5.41, 5.74) is -2.59. The third kappa shape index (κ3) is 3.73. The number of rotatable bonds is 7. The second-order valence-electron chi connectivity index (χ2n) is 7.98. The van der Waals surface area contributed by atoms with Crippen LogP contribution in [0.3, 0.4) is 0 Å². The standard InChI is InChI=1S/C22H25FN2O6S/c1-6-16-11(2)17-18(27)25(22(3,4)20(28)29)21(30)24(19(17)32-16)10-14(26)13-9-12(23)7-8-15(13)31-5/h7-9,14,26H,6,10H2,1-5H3,(H,28,29)/t14-/m0/s1. The van der Waals surface area contributed by atoms with Crippen LogP contribution in [0.25, 0.3) is 10.2 Å². The molecule has 0 bridgehead atoms. The minimum absolute atomic E-state index is 0.131. The van der Waals surface area contributed by atoms with Crippen LogP contribution < -0.4 is 16.0 Å². The Morgan fingerprint density at radius 3 is 2.53 bits per heavy atom. The van der Waals surface area contributed by atoms with Crippen molar-refractivity contribution in [1.82, 2.24) is 9.13 Å². The summed E-state index contributed by atoms with van der Waals surface area (Å²) in [7, 11) is 1.37. The highest BCUT2D eigenvalue weighted by Crippen LogP contribution is 2.31. The van der Waals surface area contributed by atoms with Gasteiger partial charge in [-0.2, -0.15) is 0 Å². The van der Waals surface area contributed by atoms with Gasteiger partial charge < -0.3 is 14.9 Å². The molecule has 1 aromatic carbocycles. The van der Waals surface area contributed by atoms with Crippen LogP contribution in [0.15, 0.2) is 27.8 Å². The molecule has 32 heavy (non-hydrogen) atoms. The molecule has 0 aliphatic carbocycles. The van der Waals surface area contributed by atoms with E-state index in [2.05, 4.69) is 0 Å². The first kappa shape index (κ1) is 23.7. The van der Waals surface area contributed by atoms with E-state index in [1.165, 1.54) is 49.0 Å². The quantitative estimate of drug-likeness (QED) is 0.556. The summed E-state index contributed by atoms with van der Waals surface area (Å²) in [4.78, 5) is 39.7. The molecule has 8 nitrogen and oxygen atoms in total. The number of carboxylic acids is 1. The van der Waals surface area contributed by atoms with Crippen LogP contribution in [-0.4, -0.2) is 32.4 Å². The zero-order chi connectivity index (χ0) is 24.0. The summed E-state index contributed by atoms with van der Waals surface area (Å²) in [6.07, 6.45) is -0.741. The van der Waals surface area contributed by atoms with Crippen LogP contribution in [-0.2, 0) is 23.3 Å². The normalized spacial score (nSPS) is 12.8. The van der Waals surface area contributed by atoms with Crippen LogP contribution in [0, 0.1) is 12.7 Å². The summed E-state index contributed by atoms with van der Waals surface area (Å²) in [5.74, 6) is -1.70. The maximum atomic E-state index is 13.8. The Hall–Kier alpha value is -2.98. The molecule has 3 rings (SSSR count). The first-order valence-corrected chi connectivity index (χ1v) is 10.8. The Morgan fingerprint density at radius 2 is 1.97 bits per heavy atom. The molecular weight excluding hydrogens is 439 g/mol. The molecule has 0 amide bonds. The van der Waals surface area contributed by atoms with Crippen LogP contribution >= 0.6 is 11.3 Å². The molecule has 0 saturated carbocycles. The number of aromatic nitrogens is 2. The number of aliphatic carboxylic acids is 1. The Balaban J connectivity index is 2.34. The minimum Gasteiger partial charge on any atom is -0.496 e. The number of carboxylic acid groups (broad SMARTS) is 1. The first-order valence-electron chi connectivity index (χ1n) is 9.98. The van der Waals surface area contributed by atoms with E-state index in [1.807, 2.05) is 6.92 Å². The SMILES string of the molecule is CCc1sc2c(c1C)c(=O)n(C(C)(C)C(=O)O)c(=O)n2C[C@H](O)c1cc(F)ccc1OC. The van der Waals surface area contributed by atoms with E-state index in [0.717, 1.165) is 10.9 Å². The molecule has 0 aliphatic heterocycles. The second-order valence-corrected chi connectivity index (χ2v) is 9.07. The second kappa shape index (κ2) is 8.51. The molecule has 0 fully saturated rings. The lowest BCUT2D eigenvalue weighted by molar-refractivity contribution is -0.146. The number of aryl methyl sites for hydroxylation is 2. The average molecular weight is 465 g/mol. The Morgan fingerprint density at radius 1 is 1.31 bits per heavy atom. The molecule has 1 atom stereocenters. The van der Waals surface area contributed by atoms with Crippen molar-refractivity contribution < 1.29 is 24.1 Å². The number of aliphatic hydroxyl groups is 1. The molecule has 172 valence electrons. The molecule has 0 radical (unpaired) electrons. The fourth-order valence-corrected chi connectivity index (χ4v) is 4.95. The van der Waals surface area contributed by atoms with Crippen molar-refractivity contribution in [2.45, 2.75) is 52.3 Å². The number of thiophene rings is 1. The summed E-state index contributed by atoms with van der Waals surface area (Å²) in [6.45, 7) is 5.87. The smallest absolute Gasteiger partial charge is 0.333 e. The largest absolute Gasteiger partial charge is 0.496 e. The molecule has 3 aromatic rings. The number of methoxy groups -OCH3 is 1. The number of halogens is 1. The van der Waals surface area contributed by atoms with Gasteiger partial charge in [0.25, 0.3) is 5.56 Å². The Labute approximate surface area is 187 Å². The zero-order valence-electron chi connectivity index (χ0n) is 18.4. The number of ether oxygens (including phenoxy) is 1. The highest BCUT2D eigenvalue weighted by Gasteiger charge is 2.35. The highest BCUT2D eigenvalue weighted by molar-refractivity contribution is 7.18. The van der Waals surface area contributed by atoms with Gasteiger partial charge in [0.05, 0.1) is 19.0 Å². The maximum Gasteiger partial charge on any atom is 0.333 e. The molecule has 10 heteroatoms. The van der Waals surface area contributed by atoms with E-state index in [-0.39, 0.29) is 23.2 Å². The van der Waals surface area contributed by atoms with Crippen LogP contribution in [0.4, 0.5) is 4.39 Å². The van der Waals surface area contributed by atoms with Gasteiger partial charge in [0.1, 0.15) is 28.0 Å². The maximum absolute atomic E-state index is 13.8. The van der Waals surface area contributed by atoms with Crippen molar-refractivity contribution in [2.75, 3.05) is 7.11 Å². The fraction of sp³-hybridized carbons (Fsp3) is 0.409.